The number of thiazole rings is 1. The third-order valence-electron chi connectivity index (χ3n) is 5.31. The molecular weight excluding hydrogens is 384 g/mol. The van der Waals surface area contributed by atoms with Crippen molar-refractivity contribution in [1.29, 1.82) is 0 Å². The van der Waals surface area contributed by atoms with Crippen LogP contribution in [0.1, 0.15) is 42.2 Å². The summed E-state index contributed by atoms with van der Waals surface area (Å²) in [6.07, 6.45) is 7.37. The van der Waals surface area contributed by atoms with Gasteiger partial charge in [-0.15, -0.1) is 11.3 Å². The third-order valence-corrected chi connectivity index (χ3v) is 6.49. The van der Waals surface area contributed by atoms with Gasteiger partial charge in [-0.3, -0.25) is 4.79 Å². The van der Waals surface area contributed by atoms with E-state index in [1.54, 1.807) is 17.5 Å². The van der Waals surface area contributed by atoms with Crippen LogP contribution in [0.25, 0.3) is 10.6 Å². The Morgan fingerprint density at radius 3 is 2.72 bits per heavy atom. The van der Waals surface area contributed by atoms with Gasteiger partial charge in [-0.25, -0.2) is 15.0 Å². The Kier molecular flexibility index (Phi) is 5.85. The summed E-state index contributed by atoms with van der Waals surface area (Å²) < 4.78 is 4.88. The highest BCUT2D eigenvalue weighted by atomic mass is 32.1. The number of ether oxygens (including phenoxy) is 1. The van der Waals surface area contributed by atoms with Crippen molar-refractivity contribution in [3.05, 3.63) is 53.3 Å². The predicted molar refractivity (Wildman–Crippen MR) is 114 cm³/mol. The number of carbonyl (C=O) groups is 1. The van der Waals surface area contributed by atoms with Crippen LogP contribution in [0.3, 0.4) is 0 Å². The quantitative estimate of drug-likeness (QED) is 0.592. The van der Waals surface area contributed by atoms with Crippen LogP contribution in [-0.4, -0.2) is 28.0 Å². The highest BCUT2D eigenvalue weighted by Crippen LogP contribution is 2.39. The SMILES string of the molecule is COC(=O)[C@H]1CC[C@H](c2ncc(-c3cccc(Nc4cc(C)ccn4)n3)s2)CC1. The number of anilines is 2. The van der Waals surface area contributed by atoms with E-state index in [1.807, 2.05) is 43.5 Å². The van der Waals surface area contributed by atoms with Gasteiger partial charge in [-0.05, 0) is 62.4 Å². The molecule has 6 nitrogen and oxygen atoms in total. The second kappa shape index (κ2) is 8.69. The molecule has 0 atom stereocenters. The summed E-state index contributed by atoms with van der Waals surface area (Å²) >= 11 is 1.69. The lowest BCUT2D eigenvalue weighted by molar-refractivity contribution is -0.146. The fourth-order valence-corrected chi connectivity index (χ4v) is 4.77. The third kappa shape index (κ3) is 4.62. The van der Waals surface area contributed by atoms with Gasteiger partial charge in [0.2, 0.25) is 0 Å². The summed E-state index contributed by atoms with van der Waals surface area (Å²) in [6, 6.07) is 9.88. The van der Waals surface area contributed by atoms with Crippen LogP contribution in [-0.2, 0) is 9.53 Å². The summed E-state index contributed by atoms with van der Waals surface area (Å²) in [4.78, 5) is 26.5. The number of hydrogen-bond donors (Lipinski definition) is 1. The van der Waals surface area contributed by atoms with E-state index in [-0.39, 0.29) is 11.9 Å². The number of hydrogen-bond acceptors (Lipinski definition) is 7. The Bertz CT molecular complexity index is 996. The van der Waals surface area contributed by atoms with Crippen molar-refractivity contribution in [3.63, 3.8) is 0 Å². The normalized spacial score (nSPS) is 19.0. The lowest BCUT2D eigenvalue weighted by atomic mass is 9.82. The first kappa shape index (κ1) is 19.5. The van der Waals surface area contributed by atoms with Crippen LogP contribution in [0.4, 0.5) is 11.6 Å². The van der Waals surface area contributed by atoms with Crippen molar-refractivity contribution in [2.45, 2.75) is 38.5 Å². The van der Waals surface area contributed by atoms with Gasteiger partial charge in [0, 0.05) is 18.3 Å². The smallest absolute Gasteiger partial charge is 0.308 e. The molecule has 0 aliphatic heterocycles. The Labute approximate surface area is 174 Å². The molecule has 1 saturated carbocycles. The van der Waals surface area contributed by atoms with Gasteiger partial charge in [0.05, 0.1) is 28.6 Å². The molecule has 0 aromatic carbocycles. The molecule has 0 unspecified atom stereocenters. The molecule has 1 aliphatic carbocycles. The minimum Gasteiger partial charge on any atom is -0.469 e. The van der Waals surface area contributed by atoms with Crippen LogP contribution in [0.15, 0.2) is 42.7 Å². The lowest BCUT2D eigenvalue weighted by Gasteiger charge is -2.25. The van der Waals surface area contributed by atoms with Crippen molar-refractivity contribution in [1.82, 2.24) is 15.0 Å². The van der Waals surface area contributed by atoms with E-state index >= 15 is 0 Å². The molecule has 1 aliphatic rings. The van der Waals surface area contributed by atoms with E-state index < -0.39 is 0 Å². The van der Waals surface area contributed by atoms with E-state index in [2.05, 4.69) is 15.3 Å². The molecule has 150 valence electrons. The maximum Gasteiger partial charge on any atom is 0.308 e. The summed E-state index contributed by atoms with van der Waals surface area (Å²) in [7, 11) is 1.46. The predicted octanol–water partition coefficient (Wildman–Crippen LogP) is 5.10. The van der Waals surface area contributed by atoms with E-state index in [9.17, 15) is 4.79 Å². The van der Waals surface area contributed by atoms with E-state index in [0.29, 0.717) is 5.92 Å². The Morgan fingerprint density at radius 1 is 1.14 bits per heavy atom. The molecule has 3 heterocycles. The van der Waals surface area contributed by atoms with Crippen LogP contribution in [0.2, 0.25) is 0 Å². The number of pyridine rings is 2. The number of aromatic nitrogens is 3. The number of esters is 1. The van der Waals surface area contributed by atoms with Gasteiger partial charge < -0.3 is 10.1 Å². The maximum atomic E-state index is 11.7. The number of aryl methyl sites for hydroxylation is 1. The minimum absolute atomic E-state index is 0.0373. The topological polar surface area (TPSA) is 77.0 Å². The van der Waals surface area contributed by atoms with Gasteiger partial charge in [0.25, 0.3) is 0 Å². The van der Waals surface area contributed by atoms with Crippen LogP contribution in [0, 0.1) is 12.8 Å². The summed E-state index contributed by atoms with van der Waals surface area (Å²) in [5.74, 6) is 1.90. The number of rotatable bonds is 5. The first-order chi connectivity index (χ1) is 14.1. The molecule has 4 rings (SSSR count). The highest BCUT2D eigenvalue weighted by molar-refractivity contribution is 7.15. The monoisotopic (exact) mass is 408 g/mol. The molecule has 1 fully saturated rings. The van der Waals surface area contributed by atoms with E-state index in [0.717, 1.165) is 58.5 Å². The first-order valence-electron chi connectivity index (χ1n) is 9.83. The Hall–Kier alpha value is -2.80. The fraction of sp³-hybridized carbons (Fsp3) is 0.364. The zero-order chi connectivity index (χ0) is 20.2. The number of methoxy groups -OCH3 is 1. The average Bonchev–Trinajstić information content (AvgIpc) is 3.24. The molecule has 0 radical (unpaired) electrons. The van der Waals surface area contributed by atoms with Crippen molar-refractivity contribution in [2.75, 3.05) is 12.4 Å². The highest BCUT2D eigenvalue weighted by Gasteiger charge is 2.29. The molecule has 0 amide bonds. The Morgan fingerprint density at radius 2 is 1.97 bits per heavy atom. The zero-order valence-corrected chi connectivity index (χ0v) is 17.4. The molecule has 0 bridgehead atoms. The molecule has 7 heteroatoms. The van der Waals surface area contributed by atoms with Gasteiger partial charge in [-0.2, -0.15) is 0 Å². The molecule has 0 spiro atoms. The van der Waals surface area contributed by atoms with E-state index in [1.165, 1.54) is 7.11 Å². The fourth-order valence-electron chi connectivity index (χ4n) is 3.71. The van der Waals surface area contributed by atoms with Gasteiger partial charge in [-0.1, -0.05) is 6.07 Å². The van der Waals surface area contributed by atoms with Crippen molar-refractivity contribution < 1.29 is 9.53 Å². The van der Waals surface area contributed by atoms with Crippen molar-refractivity contribution >= 4 is 28.9 Å². The minimum atomic E-state index is -0.0834. The van der Waals surface area contributed by atoms with Crippen molar-refractivity contribution in [3.8, 4) is 10.6 Å². The van der Waals surface area contributed by atoms with Crippen LogP contribution >= 0.6 is 11.3 Å². The second-order valence-electron chi connectivity index (χ2n) is 7.39. The van der Waals surface area contributed by atoms with E-state index in [4.69, 9.17) is 9.72 Å². The van der Waals surface area contributed by atoms with Crippen LogP contribution < -0.4 is 5.32 Å². The average molecular weight is 409 g/mol. The summed E-state index contributed by atoms with van der Waals surface area (Å²) in [5.41, 5.74) is 2.04. The van der Waals surface area contributed by atoms with Crippen molar-refractivity contribution in [2.24, 2.45) is 5.92 Å². The number of nitrogens with zero attached hydrogens (tertiary/aromatic N) is 3. The summed E-state index contributed by atoms with van der Waals surface area (Å²) in [5, 5.41) is 4.39. The van der Waals surface area contributed by atoms with Crippen LogP contribution in [0.5, 0.6) is 0 Å². The molecule has 3 aromatic heterocycles. The van der Waals surface area contributed by atoms with Gasteiger partial charge in [0.1, 0.15) is 11.6 Å². The molecule has 3 aromatic rings. The molecule has 29 heavy (non-hydrogen) atoms. The molecular formula is C22H24N4O2S. The maximum absolute atomic E-state index is 11.7. The molecule has 1 N–H and O–H groups in total. The summed E-state index contributed by atoms with van der Waals surface area (Å²) in [6.45, 7) is 2.04. The zero-order valence-electron chi connectivity index (χ0n) is 16.6. The largest absolute Gasteiger partial charge is 0.469 e. The van der Waals surface area contributed by atoms with Gasteiger partial charge in [0.15, 0.2) is 0 Å². The standard InChI is InChI=1S/C22H24N4O2S/c1-14-10-11-23-20(12-14)26-19-5-3-4-17(25-19)18-13-24-21(29-18)15-6-8-16(9-7-15)22(27)28-2/h3-5,10-13,15-16H,6-9H2,1-2H3,(H,23,25,26)/t15-,16-. The van der Waals surface area contributed by atoms with Gasteiger partial charge >= 0.3 is 5.97 Å². The number of nitrogens with one attached hydrogen (secondary N) is 1. The number of carbonyl (C=O) groups excluding carboxylic acids is 1. The first-order valence-corrected chi connectivity index (χ1v) is 10.6. The Balaban J connectivity index is 1.45. The second-order valence-corrected chi connectivity index (χ2v) is 8.45. The lowest BCUT2D eigenvalue weighted by Crippen LogP contribution is -2.22. The molecule has 0 saturated heterocycles.